The van der Waals surface area contributed by atoms with Gasteiger partial charge < -0.3 is 11.1 Å². The van der Waals surface area contributed by atoms with Gasteiger partial charge in [-0.2, -0.15) is 0 Å². The van der Waals surface area contributed by atoms with Crippen molar-refractivity contribution in [2.24, 2.45) is 10.7 Å². The zero-order valence-electron chi connectivity index (χ0n) is 10.3. The number of nitrogens with zero attached hydrogens (tertiary/aromatic N) is 1. The molecule has 0 radical (unpaired) electrons. The van der Waals surface area contributed by atoms with E-state index in [1.807, 2.05) is 30.3 Å². The Morgan fingerprint density at radius 2 is 2.06 bits per heavy atom. The molecule has 3 nitrogen and oxygen atoms in total. The molecule has 2 aliphatic carbocycles. The van der Waals surface area contributed by atoms with Crippen LogP contribution in [0.25, 0.3) is 0 Å². The molecule has 0 aromatic heterocycles. The molecule has 2 saturated carbocycles. The van der Waals surface area contributed by atoms with Gasteiger partial charge in [0.25, 0.3) is 0 Å². The van der Waals surface area contributed by atoms with Gasteiger partial charge in [0.1, 0.15) is 0 Å². The van der Waals surface area contributed by atoms with Crippen LogP contribution < -0.4 is 11.1 Å². The Kier molecular flexibility index (Phi) is 2.73. The van der Waals surface area contributed by atoms with E-state index >= 15 is 0 Å². The van der Waals surface area contributed by atoms with E-state index in [-0.39, 0.29) is 6.04 Å². The number of benzene rings is 1. The molecule has 2 aliphatic rings. The molecule has 96 valence electrons. The number of nitrogens with one attached hydrogen (secondary N) is 1. The van der Waals surface area contributed by atoms with Crippen molar-refractivity contribution in [1.29, 1.82) is 0 Å². The third kappa shape index (κ3) is 2.07. The van der Waals surface area contributed by atoms with Crippen LogP contribution >= 0.6 is 0 Å². The van der Waals surface area contributed by atoms with Crippen LogP contribution in [0, 0.1) is 0 Å². The van der Waals surface area contributed by atoms with Gasteiger partial charge in [0.15, 0.2) is 11.6 Å². The van der Waals surface area contributed by atoms with E-state index in [2.05, 4.69) is 10.3 Å². The minimum Gasteiger partial charge on any atom is -0.370 e. The van der Waals surface area contributed by atoms with E-state index in [0.29, 0.717) is 24.0 Å². The summed E-state index contributed by atoms with van der Waals surface area (Å²) in [4.78, 5) is 4.25. The Hall–Kier alpha value is -1.58. The molecule has 1 aromatic rings. The van der Waals surface area contributed by atoms with Gasteiger partial charge in [0.05, 0.1) is 6.04 Å². The molecule has 0 heterocycles. The molecule has 0 spiro atoms. The first-order valence-corrected chi connectivity index (χ1v) is 6.53. The highest BCUT2D eigenvalue weighted by molar-refractivity contribution is 5.78. The lowest BCUT2D eigenvalue weighted by molar-refractivity contribution is 0.306. The predicted molar refractivity (Wildman–Crippen MR) is 70.0 cm³/mol. The summed E-state index contributed by atoms with van der Waals surface area (Å²) in [6, 6.07) is 9.33. The molecule has 0 saturated heterocycles. The smallest absolute Gasteiger partial charge is 0.189 e. The lowest BCUT2D eigenvalue weighted by Gasteiger charge is -2.26. The maximum atomic E-state index is 14.5. The first-order valence-electron chi connectivity index (χ1n) is 6.53. The quantitative estimate of drug-likeness (QED) is 0.634. The van der Waals surface area contributed by atoms with E-state index in [4.69, 9.17) is 5.73 Å². The summed E-state index contributed by atoms with van der Waals surface area (Å²) in [5.41, 5.74) is 5.19. The van der Waals surface area contributed by atoms with Crippen LogP contribution in [0.2, 0.25) is 0 Å². The maximum absolute atomic E-state index is 14.5. The largest absolute Gasteiger partial charge is 0.370 e. The van der Waals surface area contributed by atoms with E-state index in [1.54, 1.807) is 0 Å². The number of nitrogens with two attached hydrogens (primary N) is 1. The molecule has 3 N–H and O–H groups in total. The minimum absolute atomic E-state index is 0.326. The number of guanidine groups is 1. The van der Waals surface area contributed by atoms with E-state index < -0.39 is 5.67 Å². The van der Waals surface area contributed by atoms with Gasteiger partial charge in [-0.3, -0.25) is 0 Å². The summed E-state index contributed by atoms with van der Waals surface area (Å²) in [5, 5.41) is 3.14. The van der Waals surface area contributed by atoms with Crippen LogP contribution in [0.4, 0.5) is 4.39 Å². The number of hydrogen-bond donors (Lipinski definition) is 2. The fourth-order valence-electron chi connectivity index (χ4n) is 2.36. The van der Waals surface area contributed by atoms with E-state index in [9.17, 15) is 4.39 Å². The van der Waals surface area contributed by atoms with Crippen LogP contribution in [0.1, 0.15) is 31.2 Å². The Balaban J connectivity index is 1.64. The average Bonchev–Trinajstić information content (AvgIpc) is 2.97. The molecule has 4 heteroatoms. The average molecular weight is 247 g/mol. The van der Waals surface area contributed by atoms with Crippen LogP contribution in [0.15, 0.2) is 35.3 Å². The number of halogens is 1. The highest BCUT2D eigenvalue weighted by atomic mass is 19.1. The lowest BCUT2D eigenvalue weighted by Crippen LogP contribution is -2.43. The summed E-state index contributed by atoms with van der Waals surface area (Å²) in [6.45, 7) is 0. The number of hydrogen-bond acceptors (Lipinski definition) is 1. The third-order valence-electron chi connectivity index (χ3n) is 3.86. The molecule has 2 unspecified atom stereocenters. The summed E-state index contributed by atoms with van der Waals surface area (Å²) >= 11 is 0. The van der Waals surface area contributed by atoms with Gasteiger partial charge in [0, 0.05) is 12.5 Å². The van der Waals surface area contributed by atoms with Gasteiger partial charge in [-0.1, -0.05) is 30.3 Å². The molecule has 2 fully saturated rings. The molecular weight excluding hydrogens is 229 g/mol. The third-order valence-corrected chi connectivity index (χ3v) is 3.86. The summed E-state index contributed by atoms with van der Waals surface area (Å²) < 4.78 is 14.5. The van der Waals surface area contributed by atoms with E-state index in [0.717, 1.165) is 12.8 Å². The van der Waals surface area contributed by atoms with Gasteiger partial charge in [-0.05, 0) is 24.8 Å². The first-order chi connectivity index (χ1) is 8.68. The zero-order chi connectivity index (χ0) is 12.6. The minimum atomic E-state index is -1.31. The second kappa shape index (κ2) is 4.26. The van der Waals surface area contributed by atoms with Crippen molar-refractivity contribution in [2.45, 2.75) is 43.4 Å². The summed E-state index contributed by atoms with van der Waals surface area (Å²) in [7, 11) is 0. The van der Waals surface area contributed by atoms with Crippen LogP contribution in [0.5, 0.6) is 0 Å². The van der Waals surface area contributed by atoms with Crippen molar-refractivity contribution < 1.29 is 4.39 Å². The molecule has 18 heavy (non-hydrogen) atoms. The fourth-order valence-corrected chi connectivity index (χ4v) is 2.36. The Morgan fingerprint density at radius 1 is 1.33 bits per heavy atom. The van der Waals surface area contributed by atoms with Crippen LogP contribution in [-0.2, 0) is 5.67 Å². The molecule has 2 atom stereocenters. The zero-order valence-corrected chi connectivity index (χ0v) is 10.3. The Morgan fingerprint density at radius 3 is 2.67 bits per heavy atom. The van der Waals surface area contributed by atoms with Gasteiger partial charge >= 0.3 is 0 Å². The lowest BCUT2D eigenvalue weighted by atomic mass is 9.93. The van der Waals surface area contributed by atoms with Crippen molar-refractivity contribution >= 4 is 5.96 Å². The van der Waals surface area contributed by atoms with Crippen LogP contribution in [0.3, 0.4) is 0 Å². The molecular formula is C14H18FN3. The molecule has 0 aliphatic heterocycles. The number of rotatable bonds is 3. The molecule has 0 amide bonds. The Labute approximate surface area is 106 Å². The van der Waals surface area contributed by atoms with Crippen LogP contribution in [-0.4, -0.2) is 18.0 Å². The maximum Gasteiger partial charge on any atom is 0.189 e. The van der Waals surface area contributed by atoms with Crippen molar-refractivity contribution in [3.8, 4) is 0 Å². The number of aliphatic imine (C=N–C) groups is 1. The van der Waals surface area contributed by atoms with E-state index in [1.165, 1.54) is 6.42 Å². The molecule has 0 bridgehead atoms. The highest BCUT2D eigenvalue weighted by Gasteiger charge is 2.57. The monoisotopic (exact) mass is 247 g/mol. The molecule has 3 rings (SSSR count). The normalized spacial score (nSPS) is 31.8. The van der Waals surface area contributed by atoms with Crippen molar-refractivity contribution in [3.63, 3.8) is 0 Å². The van der Waals surface area contributed by atoms with Gasteiger partial charge in [-0.15, -0.1) is 0 Å². The summed E-state index contributed by atoms with van der Waals surface area (Å²) in [6.07, 6.45) is 3.95. The number of alkyl halides is 1. The Bertz CT molecular complexity index is 455. The SMILES string of the molecule is NC(=NC1CC1(F)c1ccccc1)NC1CCC1. The van der Waals surface area contributed by atoms with Crippen molar-refractivity contribution in [1.82, 2.24) is 5.32 Å². The second-order valence-corrected chi connectivity index (χ2v) is 5.23. The summed E-state index contributed by atoms with van der Waals surface area (Å²) in [5.74, 6) is 0.389. The van der Waals surface area contributed by atoms with Gasteiger partial charge in [-0.25, -0.2) is 9.38 Å². The van der Waals surface area contributed by atoms with Crippen molar-refractivity contribution in [3.05, 3.63) is 35.9 Å². The molecule has 1 aromatic carbocycles. The predicted octanol–water partition coefficient (Wildman–Crippen LogP) is 2.08. The van der Waals surface area contributed by atoms with Gasteiger partial charge in [0.2, 0.25) is 0 Å². The standard InChI is InChI=1S/C14H18FN3/c15-14(10-5-2-1-3-6-10)9-12(14)18-13(16)17-11-7-4-8-11/h1-3,5-6,11-12H,4,7-9H2,(H3,16,17,18). The first kappa shape index (κ1) is 11.5. The highest BCUT2D eigenvalue weighted by Crippen LogP contribution is 2.51. The van der Waals surface area contributed by atoms with Crippen molar-refractivity contribution in [2.75, 3.05) is 0 Å². The fraction of sp³-hybridized carbons (Fsp3) is 0.500. The topological polar surface area (TPSA) is 50.4 Å². The second-order valence-electron chi connectivity index (χ2n) is 5.23.